The molecule has 0 saturated carbocycles. The molecule has 0 atom stereocenters. The Bertz CT molecular complexity index is 171. The zero-order valence-corrected chi connectivity index (χ0v) is 5.09. The van der Waals surface area contributed by atoms with Crippen LogP contribution in [0.5, 0.6) is 0 Å². The summed E-state index contributed by atoms with van der Waals surface area (Å²) in [5, 5.41) is 0. The van der Waals surface area contributed by atoms with Gasteiger partial charge in [-0.2, -0.15) is 0 Å². The second kappa shape index (κ2) is 1.77. The van der Waals surface area contributed by atoms with Gasteiger partial charge < -0.3 is 10.3 Å². The fraction of sp³-hybridized carbons (Fsp3) is 0.333. The molecule has 1 saturated heterocycles. The molecule has 0 amide bonds. The van der Waals surface area contributed by atoms with E-state index in [2.05, 4.69) is 34.0 Å². The average molecular weight is 123 g/mol. The van der Waals surface area contributed by atoms with Crippen molar-refractivity contribution in [3.8, 4) is 0 Å². The molecule has 3 nitrogen and oxygen atoms in total. The molecule has 0 radical (unpaired) electrons. The van der Waals surface area contributed by atoms with Crippen molar-refractivity contribution in [1.82, 2.24) is 15.8 Å². The van der Waals surface area contributed by atoms with Gasteiger partial charge in [0.15, 0.2) is 0 Å². The first kappa shape index (κ1) is 4.88. The van der Waals surface area contributed by atoms with Crippen LogP contribution < -0.4 is 10.9 Å². The van der Waals surface area contributed by atoms with E-state index >= 15 is 0 Å². The fourth-order valence-electron chi connectivity index (χ4n) is 1.05. The maximum atomic E-state index is 3.04. The minimum absolute atomic E-state index is 0.913. The molecule has 0 aliphatic carbocycles. The Morgan fingerprint density at radius 2 is 2.56 bits per heavy atom. The Morgan fingerprint density at radius 1 is 1.56 bits per heavy atom. The van der Waals surface area contributed by atoms with Crippen LogP contribution in [0.15, 0.2) is 24.0 Å². The van der Waals surface area contributed by atoms with Crippen molar-refractivity contribution in [1.29, 1.82) is 0 Å². The second-order valence-corrected chi connectivity index (χ2v) is 2.16. The fourth-order valence-corrected chi connectivity index (χ4v) is 1.05. The smallest absolute Gasteiger partial charge is 0.117 e. The number of hydrogen-bond acceptors (Lipinski definition) is 3. The van der Waals surface area contributed by atoms with Gasteiger partial charge in [0.2, 0.25) is 0 Å². The predicted molar refractivity (Wildman–Crippen MR) is 35.1 cm³/mol. The minimum Gasteiger partial charge on any atom is -0.339 e. The summed E-state index contributed by atoms with van der Waals surface area (Å²) in [5.74, 6) is 1.18. The first-order chi connectivity index (χ1) is 4.47. The zero-order chi connectivity index (χ0) is 6.10. The van der Waals surface area contributed by atoms with Crippen molar-refractivity contribution < 1.29 is 0 Å². The molecular formula is C6H9N3. The van der Waals surface area contributed by atoms with Crippen LogP contribution in [0.3, 0.4) is 0 Å². The topological polar surface area (TPSA) is 27.3 Å². The number of fused-ring (bicyclic) bond motifs is 1. The molecule has 1 fully saturated rings. The maximum Gasteiger partial charge on any atom is 0.117 e. The SMILES string of the molecule is C1=CCN2CNNC2=C1. The number of hydrogen-bond donors (Lipinski definition) is 2. The molecule has 0 spiro atoms. The van der Waals surface area contributed by atoms with E-state index < -0.39 is 0 Å². The highest BCUT2D eigenvalue weighted by Crippen LogP contribution is 2.07. The summed E-state index contributed by atoms with van der Waals surface area (Å²) < 4.78 is 0. The summed E-state index contributed by atoms with van der Waals surface area (Å²) in [7, 11) is 0. The summed E-state index contributed by atoms with van der Waals surface area (Å²) in [6.45, 7) is 1.93. The van der Waals surface area contributed by atoms with Gasteiger partial charge in [-0.1, -0.05) is 12.2 Å². The molecule has 3 heteroatoms. The molecule has 0 bridgehead atoms. The van der Waals surface area contributed by atoms with E-state index in [-0.39, 0.29) is 0 Å². The largest absolute Gasteiger partial charge is 0.339 e. The number of nitrogens with one attached hydrogen (secondary N) is 2. The van der Waals surface area contributed by atoms with Gasteiger partial charge in [-0.15, -0.1) is 0 Å². The van der Waals surface area contributed by atoms with Crippen molar-refractivity contribution in [2.45, 2.75) is 0 Å². The highest BCUT2D eigenvalue weighted by molar-refractivity contribution is 5.17. The Hall–Kier alpha value is -0.960. The first-order valence-corrected chi connectivity index (χ1v) is 3.07. The molecule has 2 N–H and O–H groups in total. The van der Waals surface area contributed by atoms with Gasteiger partial charge in [-0.25, -0.2) is 5.43 Å². The summed E-state index contributed by atoms with van der Waals surface area (Å²) in [6, 6.07) is 0. The maximum absolute atomic E-state index is 3.04. The van der Waals surface area contributed by atoms with Crippen molar-refractivity contribution in [3.05, 3.63) is 24.0 Å². The third-order valence-electron chi connectivity index (χ3n) is 1.54. The normalized spacial score (nSPS) is 23.1. The summed E-state index contributed by atoms with van der Waals surface area (Å²) in [5.41, 5.74) is 6.08. The summed E-state index contributed by atoms with van der Waals surface area (Å²) in [6.07, 6.45) is 6.26. The van der Waals surface area contributed by atoms with Crippen LogP contribution in [0, 0.1) is 0 Å². The third-order valence-corrected chi connectivity index (χ3v) is 1.54. The molecule has 48 valence electrons. The summed E-state index contributed by atoms with van der Waals surface area (Å²) in [4.78, 5) is 2.22. The van der Waals surface area contributed by atoms with Gasteiger partial charge in [0.05, 0.1) is 6.67 Å². The molecule has 2 heterocycles. The Balaban J connectivity index is 2.23. The van der Waals surface area contributed by atoms with Crippen LogP contribution in [-0.4, -0.2) is 18.1 Å². The predicted octanol–water partition coefficient (Wildman–Crippen LogP) is -0.235. The van der Waals surface area contributed by atoms with E-state index in [0.717, 1.165) is 13.2 Å². The van der Waals surface area contributed by atoms with Gasteiger partial charge in [0, 0.05) is 6.54 Å². The van der Waals surface area contributed by atoms with Crippen molar-refractivity contribution in [2.75, 3.05) is 13.2 Å². The number of nitrogens with zero attached hydrogens (tertiary/aromatic N) is 1. The van der Waals surface area contributed by atoms with E-state index in [1.807, 2.05) is 0 Å². The first-order valence-electron chi connectivity index (χ1n) is 3.07. The number of allylic oxidation sites excluding steroid dienone is 2. The van der Waals surface area contributed by atoms with Crippen molar-refractivity contribution >= 4 is 0 Å². The van der Waals surface area contributed by atoms with Crippen LogP contribution in [0.2, 0.25) is 0 Å². The van der Waals surface area contributed by atoms with E-state index in [1.54, 1.807) is 0 Å². The highest BCUT2D eigenvalue weighted by Gasteiger charge is 2.14. The molecule has 0 unspecified atom stereocenters. The van der Waals surface area contributed by atoms with Crippen molar-refractivity contribution in [2.24, 2.45) is 0 Å². The summed E-state index contributed by atoms with van der Waals surface area (Å²) >= 11 is 0. The molecule has 9 heavy (non-hydrogen) atoms. The van der Waals surface area contributed by atoms with E-state index in [9.17, 15) is 0 Å². The molecule has 2 aliphatic heterocycles. The van der Waals surface area contributed by atoms with Crippen LogP contribution in [0.1, 0.15) is 0 Å². The van der Waals surface area contributed by atoms with Gasteiger partial charge in [0.25, 0.3) is 0 Å². The minimum atomic E-state index is 0.913. The molecule has 0 aromatic carbocycles. The standard InChI is InChI=1S/C6H9N3/c1-2-4-9-5-7-8-6(9)3-1/h1-3,7-8H,4-5H2. The van der Waals surface area contributed by atoms with Gasteiger partial charge >= 0.3 is 0 Å². The van der Waals surface area contributed by atoms with Crippen LogP contribution in [0.4, 0.5) is 0 Å². The lowest BCUT2D eigenvalue weighted by Crippen LogP contribution is -2.22. The Morgan fingerprint density at radius 3 is 3.44 bits per heavy atom. The van der Waals surface area contributed by atoms with Crippen LogP contribution >= 0.6 is 0 Å². The molecule has 0 aromatic rings. The lowest BCUT2D eigenvalue weighted by Gasteiger charge is -2.16. The lowest BCUT2D eigenvalue weighted by atomic mass is 10.3. The number of hydrazine groups is 1. The third kappa shape index (κ3) is 0.695. The van der Waals surface area contributed by atoms with Crippen molar-refractivity contribution in [3.63, 3.8) is 0 Å². The average Bonchev–Trinajstić information content (AvgIpc) is 2.33. The Kier molecular flexibility index (Phi) is 0.960. The van der Waals surface area contributed by atoms with Gasteiger partial charge in [0.1, 0.15) is 5.82 Å². The van der Waals surface area contributed by atoms with E-state index in [4.69, 9.17) is 0 Å². The van der Waals surface area contributed by atoms with E-state index in [1.165, 1.54) is 5.82 Å². The van der Waals surface area contributed by atoms with Gasteiger partial charge in [-0.05, 0) is 6.08 Å². The second-order valence-electron chi connectivity index (χ2n) is 2.16. The van der Waals surface area contributed by atoms with Crippen LogP contribution in [-0.2, 0) is 0 Å². The molecule has 2 rings (SSSR count). The molecular weight excluding hydrogens is 114 g/mol. The van der Waals surface area contributed by atoms with Crippen LogP contribution in [0.25, 0.3) is 0 Å². The zero-order valence-electron chi connectivity index (χ0n) is 5.09. The van der Waals surface area contributed by atoms with E-state index in [0.29, 0.717) is 0 Å². The monoisotopic (exact) mass is 123 g/mol. The van der Waals surface area contributed by atoms with Gasteiger partial charge in [-0.3, -0.25) is 0 Å². The highest BCUT2D eigenvalue weighted by atomic mass is 15.6. The quantitative estimate of drug-likeness (QED) is 0.465. The number of rotatable bonds is 0. The Labute approximate surface area is 54.0 Å². The molecule has 2 aliphatic rings. The molecule has 0 aromatic heterocycles. The lowest BCUT2D eigenvalue weighted by molar-refractivity contribution is 0.420.